The highest BCUT2D eigenvalue weighted by Crippen LogP contribution is 2.10. The third-order valence-corrected chi connectivity index (χ3v) is 2.32. The Bertz CT molecular complexity index is 489. The van der Waals surface area contributed by atoms with Crippen LogP contribution in [0.5, 0.6) is 0 Å². The minimum atomic E-state index is -0.442. The zero-order chi connectivity index (χ0) is 14.1. The largest absolute Gasteiger partial charge is 0.466 e. The molecule has 5 heteroatoms. The lowest BCUT2D eigenvalue weighted by Gasteiger charge is -2.01. The van der Waals surface area contributed by atoms with E-state index >= 15 is 0 Å². The van der Waals surface area contributed by atoms with Crippen LogP contribution in [0.3, 0.4) is 0 Å². The summed E-state index contributed by atoms with van der Waals surface area (Å²) in [5.41, 5.74) is 0.433. The molecule has 0 heterocycles. The van der Waals surface area contributed by atoms with Gasteiger partial charge < -0.3 is 9.47 Å². The molecule has 0 fully saturated rings. The second-order valence-electron chi connectivity index (χ2n) is 3.42. The minimum Gasteiger partial charge on any atom is -0.466 e. The van der Waals surface area contributed by atoms with Gasteiger partial charge in [-0.15, -0.1) is 0 Å². The fourth-order valence-electron chi connectivity index (χ4n) is 1.13. The van der Waals surface area contributed by atoms with Crippen LogP contribution in [0.2, 0.25) is 5.02 Å². The highest BCUT2D eigenvalue weighted by molar-refractivity contribution is 6.30. The van der Waals surface area contributed by atoms with Gasteiger partial charge in [-0.2, -0.15) is 0 Å². The van der Waals surface area contributed by atoms with E-state index in [4.69, 9.17) is 16.3 Å². The number of benzene rings is 1. The van der Waals surface area contributed by atoms with Gasteiger partial charge in [-0.3, -0.25) is 0 Å². The molecule has 19 heavy (non-hydrogen) atoms. The van der Waals surface area contributed by atoms with Crippen molar-refractivity contribution < 1.29 is 19.1 Å². The maximum Gasteiger partial charge on any atom is 0.338 e. The Hall–Kier alpha value is -2.07. The first-order chi connectivity index (χ1) is 9.13. The lowest BCUT2D eigenvalue weighted by molar-refractivity contribution is -0.134. The summed E-state index contributed by atoms with van der Waals surface area (Å²) in [6.07, 6.45) is 5.96. The van der Waals surface area contributed by atoms with Crippen molar-refractivity contribution in [2.24, 2.45) is 0 Å². The number of ether oxygens (including phenoxy) is 2. The van der Waals surface area contributed by atoms with Crippen LogP contribution < -0.4 is 0 Å². The molecule has 4 nitrogen and oxygen atoms in total. The smallest absolute Gasteiger partial charge is 0.338 e. The molecule has 0 spiro atoms. The first-order valence-corrected chi connectivity index (χ1v) is 5.85. The van der Waals surface area contributed by atoms with Crippen molar-refractivity contribution in [2.75, 3.05) is 13.7 Å². The third kappa shape index (κ3) is 5.88. The Morgan fingerprint density at radius 2 is 1.89 bits per heavy atom. The van der Waals surface area contributed by atoms with E-state index in [2.05, 4.69) is 4.74 Å². The van der Waals surface area contributed by atoms with Crippen LogP contribution >= 0.6 is 11.6 Å². The maximum absolute atomic E-state index is 11.6. The summed E-state index contributed by atoms with van der Waals surface area (Å²) < 4.78 is 9.39. The van der Waals surface area contributed by atoms with E-state index in [0.717, 1.165) is 0 Å². The van der Waals surface area contributed by atoms with Gasteiger partial charge in [0, 0.05) is 11.1 Å². The average Bonchev–Trinajstić information content (AvgIpc) is 2.42. The van der Waals surface area contributed by atoms with Crippen LogP contribution in [0.25, 0.3) is 0 Å². The highest BCUT2D eigenvalue weighted by atomic mass is 35.5. The summed E-state index contributed by atoms with van der Waals surface area (Å²) in [5, 5.41) is 0.560. The second kappa shape index (κ2) is 8.11. The number of methoxy groups -OCH3 is 1. The molecule has 1 aromatic rings. The topological polar surface area (TPSA) is 52.6 Å². The number of rotatable bonds is 5. The molecule has 0 N–H and O–H groups in total. The minimum absolute atomic E-state index is 0.118. The van der Waals surface area contributed by atoms with Crippen LogP contribution in [0, 0.1) is 0 Å². The maximum atomic E-state index is 11.6. The van der Waals surface area contributed by atoms with E-state index in [9.17, 15) is 9.59 Å². The Morgan fingerprint density at radius 1 is 1.21 bits per heavy atom. The SMILES string of the molecule is COC(=O)/C=C/C=C/COC(=O)c1ccc(Cl)cc1. The second-order valence-corrected chi connectivity index (χ2v) is 3.85. The molecule has 1 aromatic carbocycles. The molecule has 0 aliphatic heterocycles. The molecule has 0 aliphatic carbocycles. The van der Waals surface area contributed by atoms with Crippen molar-refractivity contribution in [3.05, 3.63) is 59.2 Å². The van der Waals surface area contributed by atoms with Gasteiger partial charge in [0.2, 0.25) is 0 Å². The first kappa shape index (κ1) is 15.0. The molecular formula is C14H13ClO4. The average molecular weight is 281 g/mol. The summed E-state index contributed by atoms with van der Waals surface area (Å²) in [7, 11) is 1.30. The quantitative estimate of drug-likeness (QED) is 0.473. The summed E-state index contributed by atoms with van der Waals surface area (Å²) in [6.45, 7) is 0.118. The molecule has 0 aromatic heterocycles. The monoisotopic (exact) mass is 280 g/mol. The molecule has 0 saturated heterocycles. The molecule has 0 bridgehead atoms. The number of carbonyl (C=O) groups excluding carboxylic acids is 2. The van der Waals surface area contributed by atoms with Gasteiger partial charge in [-0.05, 0) is 30.3 Å². The lowest BCUT2D eigenvalue weighted by Crippen LogP contribution is -2.04. The Labute approximate surface area is 116 Å². The van der Waals surface area contributed by atoms with E-state index in [-0.39, 0.29) is 6.61 Å². The molecule has 0 unspecified atom stereocenters. The van der Waals surface area contributed by atoms with Gasteiger partial charge in [-0.1, -0.05) is 23.8 Å². The van der Waals surface area contributed by atoms with Crippen LogP contribution in [-0.2, 0) is 14.3 Å². The molecule has 0 saturated carbocycles. The zero-order valence-corrected chi connectivity index (χ0v) is 11.1. The van der Waals surface area contributed by atoms with Gasteiger partial charge in [0.15, 0.2) is 0 Å². The van der Waals surface area contributed by atoms with Gasteiger partial charge in [-0.25, -0.2) is 9.59 Å². The fourth-order valence-corrected chi connectivity index (χ4v) is 1.26. The summed E-state index contributed by atoms with van der Waals surface area (Å²) in [4.78, 5) is 22.3. The number of hydrogen-bond acceptors (Lipinski definition) is 4. The Balaban J connectivity index is 2.35. The van der Waals surface area contributed by atoms with Crippen molar-refractivity contribution in [3.63, 3.8) is 0 Å². The standard InChI is InChI=1S/C14H13ClO4/c1-18-13(16)5-3-2-4-10-19-14(17)11-6-8-12(15)9-7-11/h2-9H,10H2,1H3/b4-2+,5-3+. The van der Waals surface area contributed by atoms with Crippen LogP contribution in [-0.4, -0.2) is 25.7 Å². The Kier molecular flexibility index (Phi) is 6.39. The number of halogens is 1. The normalized spacial score (nSPS) is 10.8. The van der Waals surface area contributed by atoms with Gasteiger partial charge >= 0.3 is 11.9 Å². The van der Waals surface area contributed by atoms with E-state index in [1.165, 1.54) is 19.3 Å². The predicted octanol–water partition coefficient (Wildman–Crippen LogP) is 2.78. The van der Waals surface area contributed by atoms with Crippen molar-refractivity contribution in [1.29, 1.82) is 0 Å². The van der Waals surface area contributed by atoms with Crippen LogP contribution in [0.4, 0.5) is 0 Å². The number of allylic oxidation sites excluding steroid dienone is 2. The first-order valence-electron chi connectivity index (χ1n) is 5.47. The molecule has 100 valence electrons. The molecule has 0 amide bonds. The lowest BCUT2D eigenvalue weighted by atomic mass is 10.2. The van der Waals surface area contributed by atoms with E-state index in [1.54, 1.807) is 36.4 Å². The highest BCUT2D eigenvalue weighted by Gasteiger charge is 2.04. The summed E-state index contributed by atoms with van der Waals surface area (Å²) in [5.74, 6) is -0.874. The number of hydrogen-bond donors (Lipinski definition) is 0. The summed E-state index contributed by atoms with van der Waals surface area (Å²) >= 11 is 5.71. The Morgan fingerprint density at radius 3 is 2.53 bits per heavy atom. The molecule has 0 radical (unpaired) electrons. The molecular weight excluding hydrogens is 268 g/mol. The van der Waals surface area contributed by atoms with Gasteiger partial charge in [0.1, 0.15) is 6.61 Å². The van der Waals surface area contributed by atoms with Gasteiger partial charge in [0.25, 0.3) is 0 Å². The number of carbonyl (C=O) groups is 2. The zero-order valence-electron chi connectivity index (χ0n) is 10.3. The van der Waals surface area contributed by atoms with Gasteiger partial charge in [0.05, 0.1) is 12.7 Å². The van der Waals surface area contributed by atoms with Crippen molar-refractivity contribution in [2.45, 2.75) is 0 Å². The molecule has 0 atom stereocenters. The predicted molar refractivity (Wildman–Crippen MR) is 72.0 cm³/mol. The van der Waals surface area contributed by atoms with Crippen molar-refractivity contribution >= 4 is 23.5 Å². The van der Waals surface area contributed by atoms with Crippen LogP contribution in [0.1, 0.15) is 10.4 Å². The number of esters is 2. The van der Waals surface area contributed by atoms with Crippen molar-refractivity contribution in [3.8, 4) is 0 Å². The third-order valence-electron chi connectivity index (χ3n) is 2.07. The fraction of sp³-hybridized carbons (Fsp3) is 0.143. The van der Waals surface area contributed by atoms with Crippen LogP contribution in [0.15, 0.2) is 48.6 Å². The van der Waals surface area contributed by atoms with E-state index in [1.807, 2.05) is 0 Å². The molecule has 0 aliphatic rings. The molecule has 1 rings (SSSR count). The van der Waals surface area contributed by atoms with E-state index in [0.29, 0.717) is 10.6 Å². The van der Waals surface area contributed by atoms with Crippen molar-refractivity contribution in [1.82, 2.24) is 0 Å². The summed E-state index contributed by atoms with van der Waals surface area (Å²) in [6, 6.07) is 6.41. The van der Waals surface area contributed by atoms with E-state index < -0.39 is 11.9 Å².